The average Bonchev–Trinajstić information content (AvgIpc) is 3.10. The lowest BCUT2D eigenvalue weighted by atomic mass is 10.1. The molecule has 130 valence electrons. The van der Waals surface area contributed by atoms with Gasteiger partial charge in [0.2, 0.25) is 0 Å². The molecule has 0 N–H and O–H groups in total. The summed E-state index contributed by atoms with van der Waals surface area (Å²) >= 11 is 1.49. The van der Waals surface area contributed by atoms with Gasteiger partial charge in [-0.25, -0.2) is 13.4 Å². The van der Waals surface area contributed by atoms with Crippen molar-refractivity contribution < 1.29 is 17.9 Å². The number of aromatic nitrogens is 1. The molecule has 0 saturated carbocycles. The highest BCUT2D eigenvalue weighted by molar-refractivity contribution is 7.90. The fourth-order valence-corrected chi connectivity index (χ4v) is 3.94. The first-order valence-electron chi connectivity index (χ1n) is 7.41. The first-order chi connectivity index (χ1) is 11.9. The number of ether oxygens (including phenoxy) is 2. The van der Waals surface area contributed by atoms with Gasteiger partial charge in [0.15, 0.2) is 21.3 Å². The van der Waals surface area contributed by atoms with Crippen molar-refractivity contribution in [2.45, 2.75) is 4.90 Å². The third-order valence-corrected chi connectivity index (χ3v) is 5.72. The molecule has 0 unspecified atom stereocenters. The van der Waals surface area contributed by atoms with Gasteiger partial charge in [0.05, 0.1) is 30.4 Å². The Balaban J connectivity index is 1.99. The van der Waals surface area contributed by atoms with Crippen LogP contribution in [-0.4, -0.2) is 33.9 Å². The second-order valence-corrected chi connectivity index (χ2v) is 8.25. The molecule has 0 amide bonds. The zero-order chi connectivity index (χ0) is 18.0. The molecular weight excluding hydrogens is 358 g/mol. The van der Waals surface area contributed by atoms with E-state index in [9.17, 15) is 8.42 Å². The summed E-state index contributed by atoms with van der Waals surface area (Å²) in [5, 5.41) is 2.74. The maximum Gasteiger partial charge on any atom is 0.175 e. The summed E-state index contributed by atoms with van der Waals surface area (Å²) in [5.41, 5.74) is 2.49. The lowest BCUT2D eigenvalue weighted by Crippen LogP contribution is -1.96. The summed E-state index contributed by atoms with van der Waals surface area (Å²) in [4.78, 5) is 4.95. The Kier molecular flexibility index (Phi) is 4.78. The van der Waals surface area contributed by atoms with E-state index in [0.717, 1.165) is 21.8 Å². The summed E-state index contributed by atoms with van der Waals surface area (Å²) in [6, 6.07) is 12.4. The predicted octanol–water partition coefficient (Wildman–Crippen LogP) is 3.90. The van der Waals surface area contributed by atoms with E-state index < -0.39 is 9.84 Å². The van der Waals surface area contributed by atoms with E-state index in [-0.39, 0.29) is 0 Å². The highest BCUT2D eigenvalue weighted by atomic mass is 32.2. The molecule has 7 heteroatoms. The van der Waals surface area contributed by atoms with Crippen LogP contribution in [0.1, 0.15) is 0 Å². The van der Waals surface area contributed by atoms with Crippen LogP contribution >= 0.6 is 11.3 Å². The molecule has 0 bridgehead atoms. The maximum absolute atomic E-state index is 11.6. The molecule has 3 aromatic rings. The summed E-state index contributed by atoms with van der Waals surface area (Å²) in [7, 11) is -0.0120. The van der Waals surface area contributed by atoms with E-state index in [1.807, 2.05) is 23.6 Å². The third kappa shape index (κ3) is 3.52. The Morgan fingerprint density at radius 2 is 1.72 bits per heavy atom. The number of rotatable bonds is 5. The normalized spacial score (nSPS) is 11.3. The first kappa shape index (κ1) is 17.4. The molecule has 0 saturated heterocycles. The van der Waals surface area contributed by atoms with Crippen molar-refractivity contribution in [3.05, 3.63) is 47.8 Å². The van der Waals surface area contributed by atoms with Crippen molar-refractivity contribution in [3.63, 3.8) is 0 Å². The van der Waals surface area contributed by atoms with Crippen molar-refractivity contribution in [3.8, 4) is 33.3 Å². The summed E-state index contributed by atoms with van der Waals surface area (Å²) in [5.74, 6) is 1.28. The van der Waals surface area contributed by atoms with Crippen LogP contribution < -0.4 is 9.47 Å². The minimum absolute atomic E-state index is 0.293. The molecule has 0 aliphatic heterocycles. The van der Waals surface area contributed by atoms with Gasteiger partial charge in [-0.15, -0.1) is 11.3 Å². The van der Waals surface area contributed by atoms with Crippen molar-refractivity contribution >= 4 is 21.2 Å². The molecule has 3 rings (SSSR count). The molecule has 25 heavy (non-hydrogen) atoms. The predicted molar refractivity (Wildman–Crippen MR) is 99.2 cm³/mol. The Morgan fingerprint density at radius 3 is 2.32 bits per heavy atom. The topological polar surface area (TPSA) is 65.5 Å². The quantitative estimate of drug-likeness (QED) is 0.677. The third-order valence-electron chi connectivity index (χ3n) is 3.72. The minimum Gasteiger partial charge on any atom is -0.493 e. The van der Waals surface area contributed by atoms with Crippen molar-refractivity contribution in [2.24, 2.45) is 0 Å². The smallest absolute Gasteiger partial charge is 0.175 e. The van der Waals surface area contributed by atoms with Gasteiger partial charge >= 0.3 is 0 Å². The molecule has 0 aliphatic carbocycles. The van der Waals surface area contributed by atoms with E-state index in [0.29, 0.717) is 16.4 Å². The van der Waals surface area contributed by atoms with Gasteiger partial charge in [-0.3, -0.25) is 0 Å². The fourth-order valence-electron chi connectivity index (χ4n) is 2.46. The van der Waals surface area contributed by atoms with E-state index in [2.05, 4.69) is 4.98 Å². The number of nitrogens with zero attached hydrogens (tertiary/aromatic N) is 1. The Hall–Kier alpha value is -2.38. The SMILES string of the molecule is COc1cccc(-c2nc(-c3ccc(S(C)(=O)=O)cc3)cs2)c1OC. The van der Waals surface area contributed by atoms with Gasteiger partial charge < -0.3 is 9.47 Å². The molecule has 2 aromatic carbocycles. The lowest BCUT2D eigenvalue weighted by Gasteiger charge is -2.10. The molecule has 1 aromatic heterocycles. The van der Waals surface area contributed by atoms with Crippen LogP contribution in [0.15, 0.2) is 52.7 Å². The maximum atomic E-state index is 11.6. The molecule has 0 fully saturated rings. The Labute approximate surface area is 150 Å². The number of thiazole rings is 1. The van der Waals surface area contributed by atoms with Gasteiger partial charge in [0, 0.05) is 17.2 Å². The lowest BCUT2D eigenvalue weighted by molar-refractivity contribution is 0.356. The molecule has 0 spiro atoms. The van der Waals surface area contributed by atoms with Crippen LogP contribution in [0.3, 0.4) is 0 Å². The average molecular weight is 375 g/mol. The van der Waals surface area contributed by atoms with Crippen LogP contribution in [0.5, 0.6) is 11.5 Å². The van der Waals surface area contributed by atoms with Gasteiger partial charge in [-0.05, 0) is 24.3 Å². The molecule has 0 radical (unpaired) electrons. The molecule has 5 nitrogen and oxygen atoms in total. The van der Waals surface area contributed by atoms with Crippen LogP contribution in [0.4, 0.5) is 0 Å². The highest BCUT2D eigenvalue weighted by Gasteiger charge is 2.15. The Bertz CT molecular complexity index is 992. The largest absolute Gasteiger partial charge is 0.493 e. The van der Waals surface area contributed by atoms with Crippen LogP contribution in [0.25, 0.3) is 21.8 Å². The summed E-state index contributed by atoms with van der Waals surface area (Å²) in [6.07, 6.45) is 1.19. The minimum atomic E-state index is -3.20. The summed E-state index contributed by atoms with van der Waals surface area (Å²) in [6.45, 7) is 0. The van der Waals surface area contributed by atoms with Gasteiger partial charge in [-0.2, -0.15) is 0 Å². The monoisotopic (exact) mass is 375 g/mol. The number of sulfone groups is 1. The molecule has 0 aliphatic rings. The van der Waals surface area contributed by atoms with E-state index in [4.69, 9.17) is 9.47 Å². The van der Waals surface area contributed by atoms with Gasteiger partial charge in [0.25, 0.3) is 0 Å². The molecule has 0 atom stereocenters. The number of para-hydroxylation sites is 1. The van der Waals surface area contributed by atoms with Crippen LogP contribution in [-0.2, 0) is 9.84 Å². The highest BCUT2D eigenvalue weighted by Crippen LogP contribution is 2.40. The first-order valence-corrected chi connectivity index (χ1v) is 10.2. The fraction of sp³-hybridized carbons (Fsp3) is 0.167. The Morgan fingerprint density at radius 1 is 1.00 bits per heavy atom. The van der Waals surface area contributed by atoms with Crippen molar-refractivity contribution in [1.82, 2.24) is 4.98 Å². The zero-order valence-corrected chi connectivity index (χ0v) is 15.6. The van der Waals surface area contributed by atoms with E-state index in [1.165, 1.54) is 17.6 Å². The number of benzene rings is 2. The standard InChI is InChI=1S/C18H17NO4S2/c1-22-16-6-4-5-14(17(16)23-2)18-19-15(11-24-18)12-7-9-13(10-8-12)25(3,20)21/h4-11H,1-3H3. The second kappa shape index (κ2) is 6.85. The van der Waals surface area contributed by atoms with Crippen molar-refractivity contribution in [1.29, 1.82) is 0 Å². The second-order valence-electron chi connectivity index (χ2n) is 5.38. The summed E-state index contributed by atoms with van der Waals surface area (Å²) < 4.78 is 33.9. The van der Waals surface area contributed by atoms with Crippen LogP contribution in [0, 0.1) is 0 Å². The zero-order valence-electron chi connectivity index (χ0n) is 14.0. The molecular formula is C18H17NO4S2. The van der Waals surface area contributed by atoms with E-state index >= 15 is 0 Å². The number of hydrogen-bond acceptors (Lipinski definition) is 6. The molecule has 1 heterocycles. The number of hydrogen-bond donors (Lipinski definition) is 0. The number of methoxy groups -OCH3 is 2. The van der Waals surface area contributed by atoms with E-state index in [1.54, 1.807) is 38.5 Å². The van der Waals surface area contributed by atoms with Gasteiger partial charge in [-0.1, -0.05) is 18.2 Å². The van der Waals surface area contributed by atoms with Crippen molar-refractivity contribution in [2.75, 3.05) is 20.5 Å². The van der Waals surface area contributed by atoms with Crippen LogP contribution in [0.2, 0.25) is 0 Å². The van der Waals surface area contributed by atoms with Gasteiger partial charge in [0.1, 0.15) is 5.01 Å².